The van der Waals surface area contributed by atoms with E-state index in [1.807, 2.05) is 0 Å². The van der Waals surface area contributed by atoms with Crippen molar-refractivity contribution in [3.8, 4) is 11.3 Å². The summed E-state index contributed by atoms with van der Waals surface area (Å²) in [6.07, 6.45) is 1.50. The Kier molecular flexibility index (Phi) is 5.70. The summed E-state index contributed by atoms with van der Waals surface area (Å²) in [7, 11) is 0. The fourth-order valence-corrected chi connectivity index (χ4v) is 3.69. The van der Waals surface area contributed by atoms with Gasteiger partial charge in [-0.05, 0) is 73.4 Å². The quantitative estimate of drug-likeness (QED) is 0.660. The average Bonchev–Trinajstić information content (AvgIpc) is 2.76. The topological polar surface area (TPSA) is 55.2 Å². The first kappa shape index (κ1) is 19.9. The molecular formula is C23H21F2N3O2. The first-order valence-corrected chi connectivity index (χ1v) is 9.88. The average molecular weight is 409 g/mol. The Balaban J connectivity index is 1.41. The molecule has 4 rings (SSSR count). The summed E-state index contributed by atoms with van der Waals surface area (Å²) in [5.74, 6) is -0.585. The maximum atomic E-state index is 13.1. The van der Waals surface area contributed by atoms with E-state index in [0.717, 1.165) is 18.4 Å². The third-order valence-corrected chi connectivity index (χ3v) is 5.43. The molecule has 30 heavy (non-hydrogen) atoms. The molecule has 3 aromatic rings. The number of nitrogens with zero attached hydrogens (tertiary/aromatic N) is 3. The maximum absolute atomic E-state index is 13.1. The lowest BCUT2D eigenvalue weighted by atomic mass is 9.96. The van der Waals surface area contributed by atoms with Gasteiger partial charge in [0.1, 0.15) is 11.6 Å². The first-order valence-electron chi connectivity index (χ1n) is 9.88. The van der Waals surface area contributed by atoms with Crippen LogP contribution in [0.3, 0.4) is 0 Å². The molecule has 0 bridgehead atoms. The summed E-state index contributed by atoms with van der Waals surface area (Å²) in [5.41, 5.74) is 1.63. The van der Waals surface area contributed by atoms with Crippen molar-refractivity contribution in [2.24, 2.45) is 5.92 Å². The van der Waals surface area contributed by atoms with Gasteiger partial charge in [0.15, 0.2) is 0 Å². The number of amides is 1. The molecule has 0 spiro atoms. The summed E-state index contributed by atoms with van der Waals surface area (Å²) >= 11 is 0. The van der Waals surface area contributed by atoms with Crippen molar-refractivity contribution in [1.82, 2.24) is 14.7 Å². The standard InChI is InChI=1S/C23H21F2N3O2/c24-19-5-1-17(2-6-19)21-9-10-22(29)28(26-21)15-16-11-13-27(14-12-16)23(30)18-3-7-20(25)8-4-18/h1-10,16H,11-15H2. The number of piperidine rings is 1. The second-order valence-corrected chi connectivity index (χ2v) is 7.49. The number of hydrogen-bond donors (Lipinski definition) is 0. The Morgan fingerprint density at radius 3 is 2.13 bits per heavy atom. The van der Waals surface area contributed by atoms with E-state index in [4.69, 9.17) is 0 Å². The van der Waals surface area contributed by atoms with Gasteiger partial charge < -0.3 is 4.90 Å². The Hall–Kier alpha value is -3.35. The van der Waals surface area contributed by atoms with Crippen LogP contribution in [0.2, 0.25) is 0 Å². The van der Waals surface area contributed by atoms with Crippen LogP contribution in [-0.4, -0.2) is 33.7 Å². The molecule has 0 unspecified atom stereocenters. The molecule has 5 nitrogen and oxygen atoms in total. The molecule has 1 fully saturated rings. The van der Waals surface area contributed by atoms with Gasteiger partial charge >= 0.3 is 0 Å². The maximum Gasteiger partial charge on any atom is 0.266 e. The zero-order valence-corrected chi connectivity index (χ0v) is 16.3. The van der Waals surface area contributed by atoms with E-state index in [1.54, 1.807) is 23.1 Å². The summed E-state index contributed by atoms with van der Waals surface area (Å²) in [4.78, 5) is 26.6. The fourth-order valence-electron chi connectivity index (χ4n) is 3.69. The molecule has 1 saturated heterocycles. The molecule has 0 saturated carbocycles. The summed E-state index contributed by atoms with van der Waals surface area (Å²) in [6, 6.07) is 14.6. The Morgan fingerprint density at radius 2 is 1.50 bits per heavy atom. The normalized spacial score (nSPS) is 14.7. The van der Waals surface area contributed by atoms with Crippen LogP contribution in [0.25, 0.3) is 11.3 Å². The molecular weight excluding hydrogens is 388 g/mol. The lowest BCUT2D eigenvalue weighted by Gasteiger charge is -2.32. The van der Waals surface area contributed by atoms with E-state index in [1.165, 1.54) is 47.1 Å². The highest BCUT2D eigenvalue weighted by molar-refractivity contribution is 5.94. The Morgan fingerprint density at radius 1 is 0.900 bits per heavy atom. The molecule has 0 atom stereocenters. The minimum atomic E-state index is -0.369. The Labute approximate surface area is 172 Å². The predicted molar refractivity (Wildman–Crippen MR) is 109 cm³/mol. The number of carbonyl (C=O) groups is 1. The van der Waals surface area contributed by atoms with Crippen LogP contribution in [0.4, 0.5) is 8.78 Å². The van der Waals surface area contributed by atoms with Gasteiger partial charge in [0.25, 0.3) is 11.5 Å². The third kappa shape index (κ3) is 4.45. The van der Waals surface area contributed by atoms with Gasteiger partial charge in [-0.1, -0.05) is 0 Å². The number of likely N-dealkylation sites (tertiary alicyclic amines) is 1. The van der Waals surface area contributed by atoms with Crippen molar-refractivity contribution in [3.63, 3.8) is 0 Å². The number of carbonyl (C=O) groups excluding carboxylic acids is 1. The monoisotopic (exact) mass is 409 g/mol. The predicted octanol–water partition coefficient (Wildman–Crippen LogP) is 3.74. The molecule has 154 valence electrons. The van der Waals surface area contributed by atoms with Gasteiger partial charge in [0.05, 0.1) is 5.69 Å². The molecule has 1 aromatic heterocycles. The second kappa shape index (κ2) is 8.57. The summed E-state index contributed by atoms with van der Waals surface area (Å²) in [6.45, 7) is 1.62. The van der Waals surface area contributed by atoms with Crippen molar-refractivity contribution < 1.29 is 13.6 Å². The van der Waals surface area contributed by atoms with Gasteiger partial charge in [-0.25, -0.2) is 13.5 Å². The van der Waals surface area contributed by atoms with Crippen LogP contribution in [-0.2, 0) is 6.54 Å². The minimum absolute atomic E-state index is 0.109. The van der Waals surface area contributed by atoms with E-state index < -0.39 is 0 Å². The fraction of sp³-hybridized carbons (Fsp3) is 0.261. The number of halogens is 2. The highest BCUT2D eigenvalue weighted by atomic mass is 19.1. The molecule has 0 radical (unpaired) electrons. The lowest BCUT2D eigenvalue weighted by Crippen LogP contribution is -2.40. The second-order valence-electron chi connectivity index (χ2n) is 7.49. The van der Waals surface area contributed by atoms with E-state index in [0.29, 0.717) is 30.9 Å². The smallest absolute Gasteiger partial charge is 0.266 e. The molecule has 0 N–H and O–H groups in total. The van der Waals surface area contributed by atoms with Crippen LogP contribution < -0.4 is 5.56 Å². The van der Waals surface area contributed by atoms with Crippen LogP contribution in [0.15, 0.2) is 65.5 Å². The van der Waals surface area contributed by atoms with Gasteiger partial charge in [-0.3, -0.25) is 9.59 Å². The van der Waals surface area contributed by atoms with Crippen molar-refractivity contribution >= 4 is 5.91 Å². The number of aromatic nitrogens is 2. The van der Waals surface area contributed by atoms with Gasteiger partial charge in [-0.15, -0.1) is 0 Å². The number of hydrogen-bond acceptors (Lipinski definition) is 3. The number of rotatable bonds is 4. The van der Waals surface area contributed by atoms with E-state index >= 15 is 0 Å². The van der Waals surface area contributed by atoms with E-state index in [-0.39, 0.29) is 29.0 Å². The molecule has 7 heteroatoms. The zero-order valence-electron chi connectivity index (χ0n) is 16.3. The summed E-state index contributed by atoms with van der Waals surface area (Å²) < 4.78 is 27.7. The van der Waals surface area contributed by atoms with Crippen LogP contribution in [0, 0.1) is 17.6 Å². The van der Waals surface area contributed by atoms with Crippen molar-refractivity contribution in [1.29, 1.82) is 0 Å². The highest BCUT2D eigenvalue weighted by Crippen LogP contribution is 2.21. The molecule has 0 aliphatic carbocycles. The van der Waals surface area contributed by atoms with Gasteiger partial charge in [-0.2, -0.15) is 5.10 Å². The molecule has 2 heterocycles. The van der Waals surface area contributed by atoms with Crippen molar-refractivity contribution in [2.45, 2.75) is 19.4 Å². The van der Waals surface area contributed by atoms with Crippen molar-refractivity contribution in [2.75, 3.05) is 13.1 Å². The summed E-state index contributed by atoms with van der Waals surface area (Å²) in [5, 5.41) is 4.44. The van der Waals surface area contributed by atoms with Gasteiger partial charge in [0.2, 0.25) is 0 Å². The van der Waals surface area contributed by atoms with Crippen LogP contribution >= 0.6 is 0 Å². The van der Waals surface area contributed by atoms with Crippen LogP contribution in [0.5, 0.6) is 0 Å². The molecule has 1 aliphatic rings. The molecule has 1 amide bonds. The van der Waals surface area contributed by atoms with Crippen LogP contribution in [0.1, 0.15) is 23.2 Å². The highest BCUT2D eigenvalue weighted by Gasteiger charge is 2.24. The third-order valence-electron chi connectivity index (χ3n) is 5.43. The first-order chi connectivity index (χ1) is 14.5. The molecule has 2 aromatic carbocycles. The number of benzene rings is 2. The van der Waals surface area contributed by atoms with E-state index in [9.17, 15) is 18.4 Å². The minimum Gasteiger partial charge on any atom is -0.339 e. The van der Waals surface area contributed by atoms with Crippen molar-refractivity contribution in [3.05, 3.63) is 88.2 Å². The lowest BCUT2D eigenvalue weighted by molar-refractivity contribution is 0.0680. The Bertz CT molecular complexity index is 1090. The van der Waals surface area contributed by atoms with E-state index in [2.05, 4.69) is 5.10 Å². The largest absolute Gasteiger partial charge is 0.339 e. The zero-order chi connectivity index (χ0) is 21.1. The SMILES string of the molecule is O=C(c1ccc(F)cc1)N1CCC(Cn2nc(-c3ccc(F)cc3)ccc2=O)CC1. The molecule has 1 aliphatic heterocycles. The van der Waals surface area contributed by atoms with Gasteiger partial charge in [0, 0.05) is 36.8 Å².